The number of halogens is 1. The summed E-state index contributed by atoms with van der Waals surface area (Å²) in [5.41, 5.74) is 1.87. The molecule has 17 heavy (non-hydrogen) atoms. The number of hydrogen-bond donors (Lipinski definition) is 1. The standard InChI is InChI=1S/C12H17BrO3S/c1-9-8-10(13)5-6-11(9)12(14)4-3-7-17(2,15)16/h5-6,8,12,14H,3-4,7H2,1-2H3. The van der Waals surface area contributed by atoms with Crippen LogP contribution in [0.5, 0.6) is 0 Å². The second-order valence-corrected chi connectivity index (χ2v) is 7.46. The fraction of sp³-hybridized carbons (Fsp3) is 0.500. The van der Waals surface area contributed by atoms with Crippen molar-refractivity contribution in [2.75, 3.05) is 12.0 Å². The van der Waals surface area contributed by atoms with E-state index in [1.165, 1.54) is 6.26 Å². The summed E-state index contributed by atoms with van der Waals surface area (Å²) in [6.07, 6.45) is 1.57. The number of aliphatic hydroxyl groups is 1. The maximum atomic E-state index is 11.0. The van der Waals surface area contributed by atoms with Gasteiger partial charge in [0, 0.05) is 16.5 Å². The molecule has 0 aliphatic carbocycles. The fourth-order valence-corrected chi connectivity index (χ4v) is 2.87. The molecular formula is C12H17BrO3S. The van der Waals surface area contributed by atoms with Crippen LogP contribution in [-0.4, -0.2) is 25.5 Å². The minimum absolute atomic E-state index is 0.125. The van der Waals surface area contributed by atoms with Crippen molar-refractivity contribution in [3.05, 3.63) is 33.8 Å². The summed E-state index contributed by atoms with van der Waals surface area (Å²) in [7, 11) is -2.94. The van der Waals surface area contributed by atoms with E-state index >= 15 is 0 Å². The summed E-state index contributed by atoms with van der Waals surface area (Å²) in [5, 5.41) is 9.98. The summed E-state index contributed by atoms with van der Waals surface area (Å²) in [6.45, 7) is 1.93. The summed E-state index contributed by atoms with van der Waals surface area (Å²) >= 11 is 3.36. The molecule has 0 aromatic heterocycles. The molecule has 1 N–H and O–H groups in total. The Morgan fingerprint density at radius 3 is 2.59 bits per heavy atom. The Balaban J connectivity index is 2.61. The highest BCUT2D eigenvalue weighted by molar-refractivity contribution is 9.10. The van der Waals surface area contributed by atoms with Crippen LogP contribution >= 0.6 is 15.9 Å². The van der Waals surface area contributed by atoms with Gasteiger partial charge >= 0.3 is 0 Å². The molecule has 0 saturated heterocycles. The van der Waals surface area contributed by atoms with Crippen molar-refractivity contribution in [1.82, 2.24) is 0 Å². The largest absolute Gasteiger partial charge is 0.388 e. The third-order valence-corrected chi connectivity index (χ3v) is 4.11. The van der Waals surface area contributed by atoms with E-state index in [1.54, 1.807) is 0 Å². The van der Waals surface area contributed by atoms with Crippen LogP contribution in [0.25, 0.3) is 0 Å². The van der Waals surface area contributed by atoms with Crippen molar-refractivity contribution in [3.63, 3.8) is 0 Å². The molecule has 1 atom stereocenters. The van der Waals surface area contributed by atoms with Gasteiger partial charge in [-0.2, -0.15) is 0 Å². The van der Waals surface area contributed by atoms with E-state index in [0.717, 1.165) is 15.6 Å². The van der Waals surface area contributed by atoms with Crippen LogP contribution in [0.1, 0.15) is 30.1 Å². The van der Waals surface area contributed by atoms with Gasteiger partial charge in [-0.1, -0.05) is 22.0 Å². The highest BCUT2D eigenvalue weighted by Gasteiger charge is 2.11. The molecule has 3 nitrogen and oxygen atoms in total. The normalized spacial score (nSPS) is 13.6. The first-order valence-corrected chi connectivity index (χ1v) is 8.27. The Morgan fingerprint density at radius 2 is 2.06 bits per heavy atom. The van der Waals surface area contributed by atoms with Crippen LogP contribution < -0.4 is 0 Å². The lowest BCUT2D eigenvalue weighted by Crippen LogP contribution is -2.06. The summed E-state index contributed by atoms with van der Waals surface area (Å²) in [6, 6.07) is 5.68. The Morgan fingerprint density at radius 1 is 1.41 bits per heavy atom. The molecule has 0 fully saturated rings. The number of benzene rings is 1. The quantitative estimate of drug-likeness (QED) is 0.907. The van der Waals surface area contributed by atoms with Crippen molar-refractivity contribution in [2.24, 2.45) is 0 Å². The third-order valence-electron chi connectivity index (χ3n) is 2.58. The lowest BCUT2D eigenvalue weighted by atomic mass is 10.0. The third kappa shape index (κ3) is 5.19. The second kappa shape index (κ2) is 5.98. The summed E-state index contributed by atoms with van der Waals surface area (Å²) in [5.74, 6) is 0.125. The number of hydrogen-bond acceptors (Lipinski definition) is 3. The van der Waals surface area contributed by atoms with Gasteiger partial charge in [0.15, 0.2) is 0 Å². The van der Waals surface area contributed by atoms with Gasteiger partial charge in [-0.05, 0) is 43.0 Å². The topological polar surface area (TPSA) is 54.4 Å². The molecule has 0 heterocycles. The Labute approximate surface area is 111 Å². The van der Waals surface area contributed by atoms with Gasteiger partial charge in [0.25, 0.3) is 0 Å². The van der Waals surface area contributed by atoms with Crippen molar-refractivity contribution in [3.8, 4) is 0 Å². The first kappa shape index (κ1) is 14.7. The predicted octanol–water partition coefficient (Wildman–Crippen LogP) is 2.62. The van der Waals surface area contributed by atoms with Crippen molar-refractivity contribution in [2.45, 2.75) is 25.9 Å². The summed E-state index contributed by atoms with van der Waals surface area (Å²) < 4.78 is 22.9. The molecule has 1 aromatic carbocycles. The molecule has 1 rings (SSSR count). The van der Waals surface area contributed by atoms with Gasteiger partial charge in [0.05, 0.1) is 6.10 Å². The highest BCUT2D eigenvalue weighted by Crippen LogP contribution is 2.24. The molecule has 0 saturated carbocycles. The van der Waals surface area contributed by atoms with Crippen molar-refractivity contribution >= 4 is 25.8 Å². The smallest absolute Gasteiger partial charge is 0.147 e. The average molecular weight is 321 g/mol. The fourth-order valence-electron chi connectivity index (χ4n) is 1.71. The molecule has 0 aliphatic rings. The molecule has 1 unspecified atom stereocenters. The van der Waals surface area contributed by atoms with Crippen LogP contribution in [0.15, 0.2) is 22.7 Å². The SMILES string of the molecule is Cc1cc(Br)ccc1C(O)CCCS(C)(=O)=O. The zero-order valence-electron chi connectivity index (χ0n) is 9.98. The van der Waals surface area contributed by atoms with E-state index in [4.69, 9.17) is 0 Å². The van der Waals surface area contributed by atoms with Gasteiger partial charge in [-0.3, -0.25) is 0 Å². The maximum Gasteiger partial charge on any atom is 0.147 e. The van der Waals surface area contributed by atoms with E-state index in [1.807, 2.05) is 25.1 Å². The van der Waals surface area contributed by atoms with Gasteiger partial charge in [-0.15, -0.1) is 0 Å². The minimum Gasteiger partial charge on any atom is -0.388 e. The zero-order valence-corrected chi connectivity index (χ0v) is 12.4. The molecule has 5 heteroatoms. The molecule has 1 aromatic rings. The van der Waals surface area contributed by atoms with Crippen LogP contribution in [0, 0.1) is 6.92 Å². The zero-order chi connectivity index (χ0) is 13.1. The molecule has 0 spiro atoms. The second-order valence-electron chi connectivity index (χ2n) is 4.29. The molecule has 0 aliphatic heterocycles. The number of aryl methyl sites for hydroxylation is 1. The number of sulfone groups is 1. The monoisotopic (exact) mass is 320 g/mol. The van der Waals surface area contributed by atoms with Gasteiger partial charge in [-0.25, -0.2) is 8.42 Å². The molecule has 0 amide bonds. The first-order valence-electron chi connectivity index (χ1n) is 5.41. The first-order chi connectivity index (χ1) is 7.79. The van der Waals surface area contributed by atoms with Crippen LogP contribution in [0.2, 0.25) is 0 Å². The van der Waals surface area contributed by atoms with Crippen LogP contribution in [0.4, 0.5) is 0 Å². The van der Waals surface area contributed by atoms with E-state index in [2.05, 4.69) is 15.9 Å². The predicted molar refractivity (Wildman–Crippen MR) is 72.8 cm³/mol. The van der Waals surface area contributed by atoms with Gasteiger partial charge < -0.3 is 5.11 Å². The number of aliphatic hydroxyl groups excluding tert-OH is 1. The Kier molecular flexibility index (Phi) is 5.16. The molecule has 0 bridgehead atoms. The molecular weight excluding hydrogens is 304 g/mol. The molecule has 96 valence electrons. The van der Waals surface area contributed by atoms with E-state index in [-0.39, 0.29) is 5.75 Å². The summed E-state index contributed by atoms with van der Waals surface area (Å²) in [4.78, 5) is 0. The van der Waals surface area contributed by atoms with Crippen molar-refractivity contribution in [1.29, 1.82) is 0 Å². The lowest BCUT2D eigenvalue weighted by Gasteiger charge is -2.13. The van der Waals surface area contributed by atoms with Crippen LogP contribution in [-0.2, 0) is 9.84 Å². The number of rotatable bonds is 5. The van der Waals surface area contributed by atoms with E-state index < -0.39 is 15.9 Å². The van der Waals surface area contributed by atoms with Crippen molar-refractivity contribution < 1.29 is 13.5 Å². The Hall–Kier alpha value is -0.390. The van der Waals surface area contributed by atoms with Gasteiger partial charge in [0.1, 0.15) is 9.84 Å². The maximum absolute atomic E-state index is 11.0. The minimum atomic E-state index is -2.94. The molecule has 0 radical (unpaired) electrons. The van der Waals surface area contributed by atoms with E-state index in [0.29, 0.717) is 12.8 Å². The van der Waals surface area contributed by atoms with Crippen LogP contribution in [0.3, 0.4) is 0 Å². The van der Waals surface area contributed by atoms with Gasteiger partial charge in [0.2, 0.25) is 0 Å². The van der Waals surface area contributed by atoms with E-state index in [9.17, 15) is 13.5 Å². The lowest BCUT2D eigenvalue weighted by molar-refractivity contribution is 0.166. The Bertz CT molecular complexity index is 483. The average Bonchev–Trinajstić information content (AvgIpc) is 2.15. The highest BCUT2D eigenvalue weighted by atomic mass is 79.9.